The van der Waals surface area contributed by atoms with Gasteiger partial charge in [-0.15, -0.1) is 0 Å². The van der Waals surface area contributed by atoms with Crippen LogP contribution in [0.1, 0.15) is 58.9 Å². The fourth-order valence-electron chi connectivity index (χ4n) is 7.90. The second kappa shape index (κ2) is 26.4. The van der Waals surface area contributed by atoms with Crippen LogP contribution >= 0.6 is 11.6 Å². The van der Waals surface area contributed by atoms with Gasteiger partial charge in [0.15, 0.2) is 12.4 Å². The number of ether oxygens (including phenoxy) is 10. The van der Waals surface area contributed by atoms with E-state index in [2.05, 4.69) is 15.5 Å². The molecule has 4 N–H and O–H groups in total. The number of alkyl halides is 3. The van der Waals surface area contributed by atoms with Gasteiger partial charge in [-0.1, -0.05) is 11.6 Å². The first-order valence-electron chi connectivity index (χ1n) is 21.5. The largest absolute Gasteiger partial charge is 0.510 e. The van der Waals surface area contributed by atoms with Crippen molar-refractivity contribution in [1.29, 1.82) is 0 Å². The molecule has 2 heterocycles. The Balaban J connectivity index is 0.934. The molecule has 2 aliphatic rings. The van der Waals surface area contributed by atoms with Gasteiger partial charge in [-0.05, 0) is 55.7 Å². The molecule has 1 amide bonds. The van der Waals surface area contributed by atoms with Crippen LogP contribution in [0.25, 0.3) is 0 Å². The van der Waals surface area contributed by atoms with E-state index >= 15 is 0 Å². The highest BCUT2D eigenvalue weighted by molar-refractivity contribution is 6.31. The van der Waals surface area contributed by atoms with Gasteiger partial charge in [0, 0.05) is 37.5 Å². The zero-order valence-electron chi connectivity index (χ0n) is 37.0. The third kappa shape index (κ3) is 16.0. The molecule has 0 saturated heterocycles. The number of halogens is 5. The zero-order chi connectivity index (χ0) is 47.5. The number of rotatable bonds is 30. The number of hydrogen-bond acceptors (Lipinski definition) is 16. The van der Waals surface area contributed by atoms with E-state index in [1.54, 1.807) is 14.2 Å². The molecule has 370 valence electrons. The molecule has 66 heavy (non-hydrogen) atoms. The molecule has 2 aromatic heterocycles. The first kappa shape index (κ1) is 52.8. The third-order valence-corrected chi connectivity index (χ3v) is 11.2. The van der Waals surface area contributed by atoms with Crippen LogP contribution in [0.3, 0.4) is 0 Å². The number of hydrogen-bond donors (Lipinski definition) is 3. The Morgan fingerprint density at radius 3 is 1.80 bits per heavy atom. The molecule has 0 spiro atoms. The number of nitrogen functional groups attached to an aromatic ring is 1. The monoisotopic (exact) mass is 966 g/mol. The molecule has 2 fully saturated rings. The fraction of sp³-hybridized carbons (Fsp3) is 0.667. The van der Waals surface area contributed by atoms with Crippen LogP contribution in [0.15, 0.2) is 24.4 Å². The lowest BCUT2D eigenvalue weighted by molar-refractivity contribution is -0.144. The topological polar surface area (TPSA) is 220 Å². The van der Waals surface area contributed by atoms with E-state index in [9.17, 15) is 32.3 Å². The normalized spacial score (nSPS) is 19.4. The Morgan fingerprint density at radius 2 is 1.32 bits per heavy atom. The molecule has 1 aromatic carbocycles. The first-order valence-corrected chi connectivity index (χ1v) is 21.9. The van der Waals surface area contributed by atoms with E-state index in [0.29, 0.717) is 97.8 Å². The number of nitrogens with two attached hydrogens (primary N) is 1. The van der Waals surface area contributed by atoms with Crippen molar-refractivity contribution in [3.8, 4) is 0 Å². The third-order valence-electron chi connectivity index (χ3n) is 10.9. The van der Waals surface area contributed by atoms with Crippen LogP contribution < -0.4 is 11.1 Å². The average Bonchev–Trinajstić information content (AvgIpc) is 4.04. The molecule has 2 saturated carbocycles. The summed E-state index contributed by atoms with van der Waals surface area (Å²) in [6.45, 7) is 4.99. The molecule has 0 unspecified atom stereocenters. The number of amides is 1. The fourth-order valence-corrected chi connectivity index (χ4v) is 8.08. The van der Waals surface area contributed by atoms with Gasteiger partial charge in [0.25, 0.3) is 5.91 Å². The van der Waals surface area contributed by atoms with Crippen molar-refractivity contribution in [3.05, 3.63) is 57.8 Å². The lowest BCUT2D eigenvalue weighted by Crippen LogP contribution is -2.26. The lowest BCUT2D eigenvalue weighted by atomic mass is 9.87. The standard InChI is InChI=1S/C42H59ClF4N6O13/c1-52-38(48)35(39(54)49-31-3-4-34(44)33(43)23-31)36(50-52)28-21-29-24-41(56,25-30(29)22-28)32-26-53(51-37(32)42(45,46)47)27-66-40(55)65-20-19-64-18-17-63-16-15-62-14-13-61-12-11-60-10-9-59-8-7-58-6-5-57-2/h3-4,23,26,28-30,56H,5-22,24-25,27,48H2,1-2H3,(H,49,54)/t28-,29-,30+,41+. The van der Waals surface area contributed by atoms with Crippen molar-refractivity contribution in [2.24, 2.45) is 18.9 Å². The van der Waals surface area contributed by atoms with Gasteiger partial charge in [-0.25, -0.2) is 13.9 Å². The van der Waals surface area contributed by atoms with Crippen molar-refractivity contribution in [1.82, 2.24) is 19.6 Å². The predicted octanol–water partition coefficient (Wildman–Crippen LogP) is 4.93. The number of carbonyl (C=O) groups is 2. The maximum atomic E-state index is 14.3. The Hall–Kier alpha value is -4.17. The van der Waals surface area contributed by atoms with Gasteiger partial charge in [0.2, 0.25) is 0 Å². The highest BCUT2D eigenvalue weighted by atomic mass is 35.5. The van der Waals surface area contributed by atoms with E-state index in [4.69, 9.17) is 64.7 Å². The SMILES string of the molecule is COCCOCCOCCOCCOCCOCCOCCOCCOC(=O)OCn1cc([C@]2(O)C[C@H]3C[C@@H](c4nn(C)c(N)c4C(=O)Nc4ccc(F)c(Cl)c4)C[C@H]3C2)c(C(F)(F)F)n1. The number of nitrogens with zero attached hydrogens (tertiary/aromatic N) is 4. The van der Waals surface area contributed by atoms with E-state index in [1.807, 2.05) is 0 Å². The maximum Gasteiger partial charge on any atom is 0.510 e. The number of aromatic nitrogens is 4. The maximum absolute atomic E-state index is 14.3. The quantitative estimate of drug-likeness (QED) is 0.0458. The summed E-state index contributed by atoms with van der Waals surface area (Å²) >= 11 is 5.87. The van der Waals surface area contributed by atoms with Gasteiger partial charge in [-0.2, -0.15) is 23.4 Å². The number of carbonyl (C=O) groups excluding carboxylic acids is 2. The highest BCUT2D eigenvalue weighted by Gasteiger charge is 2.54. The number of fused-ring (bicyclic) bond motifs is 1. The van der Waals surface area contributed by atoms with E-state index in [-0.39, 0.29) is 79.1 Å². The minimum absolute atomic E-state index is 0.0127. The molecule has 19 nitrogen and oxygen atoms in total. The average molecular weight is 967 g/mol. The number of methoxy groups -OCH3 is 1. The Kier molecular flexibility index (Phi) is 21.1. The molecule has 5 rings (SSSR count). The number of aryl methyl sites for hydroxylation is 1. The summed E-state index contributed by atoms with van der Waals surface area (Å²) in [4.78, 5) is 25.6. The zero-order valence-corrected chi connectivity index (χ0v) is 37.7. The minimum Gasteiger partial charge on any atom is -0.432 e. The predicted molar refractivity (Wildman–Crippen MR) is 226 cm³/mol. The molecular formula is C42H59ClF4N6O13. The van der Waals surface area contributed by atoms with Crippen molar-refractivity contribution in [2.75, 3.05) is 124 Å². The highest BCUT2D eigenvalue weighted by Crippen LogP contribution is 2.58. The Labute approximate surface area is 384 Å². The van der Waals surface area contributed by atoms with E-state index < -0.39 is 47.6 Å². The second-order valence-corrected chi connectivity index (χ2v) is 16.0. The van der Waals surface area contributed by atoms with E-state index in [0.717, 1.165) is 16.9 Å². The molecule has 3 aromatic rings. The van der Waals surface area contributed by atoms with Gasteiger partial charge >= 0.3 is 12.3 Å². The van der Waals surface area contributed by atoms with Crippen LogP contribution in [0.2, 0.25) is 5.02 Å². The first-order chi connectivity index (χ1) is 31.7. The van der Waals surface area contributed by atoms with Crippen molar-refractivity contribution in [3.63, 3.8) is 0 Å². The summed E-state index contributed by atoms with van der Waals surface area (Å²) in [5.41, 5.74) is 3.42. The summed E-state index contributed by atoms with van der Waals surface area (Å²) in [5.74, 6) is -1.86. The summed E-state index contributed by atoms with van der Waals surface area (Å²) in [7, 11) is 3.20. The summed E-state index contributed by atoms with van der Waals surface area (Å²) in [6.07, 6.45) is -4.23. The smallest absolute Gasteiger partial charge is 0.432 e. The van der Waals surface area contributed by atoms with Crippen LogP contribution in [0, 0.1) is 17.7 Å². The van der Waals surface area contributed by atoms with Crippen LogP contribution in [0.5, 0.6) is 0 Å². The summed E-state index contributed by atoms with van der Waals surface area (Å²) < 4.78 is 111. The van der Waals surface area contributed by atoms with Crippen molar-refractivity contribution in [2.45, 2.75) is 50.1 Å². The number of nitrogens with one attached hydrogen (secondary N) is 1. The number of anilines is 2. The molecule has 0 radical (unpaired) electrons. The number of benzene rings is 1. The molecule has 0 aliphatic heterocycles. The van der Waals surface area contributed by atoms with Crippen molar-refractivity contribution < 1.29 is 79.6 Å². The molecular weight excluding hydrogens is 908 g/mol. The second-order valence-electron chi connectivity index (χ2n) is 15.6. The lowest BCUT2D eigenvalue weighted by Gasteiger charge is -2.25. The molecule has 0 bridgehead atoms. The molecule has 2 aliphatic carbocycles. The van der Waals surface area contributed by atoms with Crippen LogP contribution in [0.4, 0.5) is 33.9 Å². The Morgan fingerprint density at radius 1 is 0.818 bits per heavy atom. The van der Waals surface area contributed by atoms with Gasteiger partial charge in [-0.3, -0.25) is 9.48 Å². The van der Waals surface area contributed by atoms with Crippen molar-refractivity contribution >= 4 is 35.2 Å². The van der Waals surface area contributed by atoms with E-state index in [1.165, 1.54) is 16.8 Å². The Bertz CT molecular complexity index is 1960. The molecule has 24 heteroatoms. The molecule has 4 atom stereocenters. The van der Waals surface area contributed by atoms with Gasteiger partial charge in [0.1, 0.15) is 23.8 Å². The van der Waals surface area contributed by atoms with Gasteiger partial charge < -0.3 is 63.5 Å². The summed E-state index contributed by atoms with van der Waals surface area (Å²) in [5, 5.41) is 22.3. The van der Waals surface area contributed by atoms with Gasteiger partial charge in [0.05, 0.1) is 115 Å². The summed E-state index contributed by atoms with van der Waals surface area (Å²) in [6, 6.07) is 3.72. The number of aliphatic hydroxyl groups is 1. The van der Waals surface area contributed by atoms with Crippen LogP contribution in [-0.4, -0.2) is 150 Å². The minimum atomic E-state index is -4.92. The van der Waals surface area contributed by atoms with Crippen LogP contribution in [-0.2, 0) is 72.9 Å².